The first-order valence-corrected chi connectivity index (χ1v) is 6.89. The largest absolute Gasteiger partial charge is 0.497 e. The second kappa shape index (κ2) is 7.70. The van der Waals surface area contributed by atoms with Gasteiger partial charge in [-0.2, -0.15) is 5.26 Å². The maximum Gasteiger partial charge on any atom is 0.319 e. The summed E-state index contributed by atoms with van der Waals surface area (Å²) in [5, 5.41) is 14.2. The molecule has 0 bridgehead atoms. The Morgan fingerprint density at radius 1 is 1.14 bits per heavy atom. The molecule has 0 fully saturated rings. The number of urea groups is 1. The number of nitriles is 1. The standard InChI is InChI=1S/C17H17N3O2/c1-22-16-8-4-13(5-9-16)10-11-19-17(21)20-15-6-2-14(12-18)3-7-15/h2-9H,10-11H2,1H3,(H2,19,20,21). The molecule has 5 nitrogen and oxygen atoms in total. The van der Waals surface area contributed by atoms with Gasteiger partial charge in [0.1, 0.15) is 5.75 Å². The minimum absolute atomic E-state index is 0.266. The lowest BCUT2D eigenvalue weighted by molar-refractivity contribution is 0.252. The van der Waals surface area contributed by atoms with Crippen molar-refractivity contribution in [2.45, 2.75) is 6.42 Å². The first-order chi connectivity index (χ1) is 10.7. The van der Waals surface area contributed by atoms with Gasteiger partial charge in [0.2, 0.25) is 0 Å². The fourth-order valence-corrected chi connectivity index (χ4v) is 1.92. The molecule has 0 radical (unpaired) electrons. The molecule has 0 aliphatic carbocycles. The number of benzene rings is 2. The SMILES string of the molecule is COc1ccc(CCNC(=O)Nc2ccc(C#N)cc2)cc1. The summed E-state index contributed by atoms with van der Waals surface area (Å²) in [6.07, 6.45) is 0.741. The lowest BCUT2D eigenvalue weighted by Gasteiger charge is -2.08. The van der Waals surface area contributed by atoms with E-state index >= 15 is 0 Å². The van der Waals surface area contributed by atoms with Crippen molar-refractivity contribution in [3.63, 3.8) is 0 Å². The Labute approximate surface area is 129 Å². The normalized spacial score (nSPS) is 9.64. The Bertz CT molecular complexity index is 658. The molecule has 0 heterocycles. The second-order valence-electron chi connectivity index (χ2n) is 4.67. The van der Waals surface area contributed by atoms with Crippen LogP contribution in [0.1, 0.15) is 11.1 Å². The van der Waals surface area contributed by atoms with Crippen molar-refractivity contribution in [3.8, 4) is 11.8 Å². The number of ether oxygens (including phenoxy) is 1. The molecule has 5 heteroatoms. The van der Waals surface area contributed by atoms with Crippen LogP contribution in [0, 0.1) is 11.3 Å². The molecule has 112 valence electrons. The van der Waals surface area contributed by atoms with Crippen molar-refractivity contribution in [1.82, 2.24) is 5.32 Å². The van der Waals surface area contributed by atoms with E-state index in [4.69, 9.17) is 10.00 Å². The van der Waals surface area contributed by atoms with Gasteiger partial charge in [0.05, 0.1) is 18.7 Å². The van der Waals surface area contributed by atoms with Crippen LogP contribution >= 0.6 is 0 Å². The number of carbonyl (C=O) groups excluding carboxylic acids is 1. The maximum absolute atomic E-state index is 11.8. The molecule has 22 heavy (non-hydrogen) atoms. The highest BCUT2D eigenvalue weighted by Gasteiger charge is 2.02. The summed E-state index contributed by atoms with van der Waals surface area (Å²) in [5.41, 5.74) is 2.34. The van der Waals surface area contributed by atoms with E-state index in [1.165, 1.54) is 0 Å². The van der Waals surface area contributed by atoms with Crippen LogP contribution in [-0.2, 0) is 6.42 Å². The number of amides is 2. The topological polar surface area (TPSA) is 74.2 Å². The second-order valence-corrected chi connectivity index (χ2v) is 4.67. The number of nitrogens with one attached hydrogen (secondary N) is 2. The Morgan fingerprint density at radius 2 is 1.82 bits per heavy atom. The smallest absolute Gasteiger partial charge is 0.319 e. The zero-order valence-corrected chi connectivity index (χ0v) is 12.3. The summed E-state index contributed by atoms with van der Waals surface area (Å²) in [6, 6.07) is 16.2. The van der Waals surface area contributed by atoms with Crippen LogP contribution in [0.25, 0.3) is 0 Å². The third-order valence-electron chi connectivity index (χ3n) is 3.13. The average Bonchev–Trinajstić information content (AvgIpc) is 2.56. The van der Waals surface area contributed by atoms with E-state index in [1.807, 2.05) is 30.3 Å². The number of anilines is 1. The summed E-state index contributed by atoms with van der Waals surface area (Å²) >= 11 is 0. The van der Waals surface area contributed by atoms with Crippen LogP contribution in [-0.4, -0.2) is 19.7 Å². The molecular weight excluding hydrogens is 278 g/mol. The van der Waals surface area contributed by atoms with Crippen LogP contribution in [0.2, 0.25) is 0 Å². The highest BCUT2D eigenvalue weighted by atomic mass is 16.5. The Balaban J connectivity index is 1.76. The van der Waals surface area contributed by atoms with E-state index in [-0.39, 0.29) is 6.03 Å². The monoisotopic (exact) mass is 295 g/mol. The van der Waals surface area contributed by atoms with Crippen LogP contribution < -0.4 is 15.4 Å². The molecule has 0 aliphatic rings. The van der Waals surface area contributed by atoms with Gasteiger partial charge in [-0.25, -0.2) is 4.79 Å². The van der Waals surface area contributed by atoms with Crippen molar-refractivity contribution in [2.75, 3.05) is 19.0 Å². The maximum atomic E-state index is 11.8. The summed E-state index contributed by atoms with van der Waals surface area (Å²) in [4.78, 5) is 11.8. The number of nitrogens with zero attached hydrogens (tertiary/aromatic N) is 1. The number of carbonyl (C=O) groups is 1. The van der Waals surface area contributed by atoms with Gasteiger partial charge < -0.3 is 15.4 Å². The number of rotatable bonds is 5. The fraction of sp³-hybridized carbons (Fsp3) is 0.176. The minimum atomic E-state index is -0.266. The minimum Gasteiger partial charge on any atom is -0.497 e. The first-order valence-electron chi connectivity index (χ1n) is 6.89. The fourth-order valence-electron chi connectivity index (χ4n) is 1.92. The Kier molecular flexibility index (Phi) is 5.38. The highest BCUT2D eigenvalue weighted by molar-refractivity contribution is 5.89. The molecule has 0 atom stereocenters. The summed E-state index contributed by atoms with van der Waals surface area (Å²) < 4.78 is 5.09. The molecule has 2 amide bonds. The van der Waals surface area contributed by atoms with Gasteiger partial charge in [0, 0.05) is 12.2 Å². The molecule has 2 aromatic carbocycles. The van der Waals surface area contributed by atoms with Crippen molar-refractivity contribution in [2.24, 2.45) is 0 Å². The van der Waals surface area contributed by atoms with Gasteiger partial charge in [-0.05, 0) is 48.4 Å². The lowest BCUT2D eigenvalue weighted by Crippen LogP contribution is -2.30. The Morgan fingerprint density at radius 3 is 2.41 bits per heavy atom. The third-order valence-corrected chi connectivity index (χ3v) is 3.13. The number of hydrogen-bond donors (Lipinski definition) is 2. The predicted octanol–water partition coefficient (Wildman–Crippen LogP) is 2.93. The molecular formula is C17H17N3O2. The molecule has 0 spiro atoms. The van der Waals surface area contributed by atoms with Gasteiger partial charge in [0.25, 0.3) is 0 Å². The molecule has 0 aliphatic heterocycles. The molecule has 2 aromatic rings. The summed E-state index contributed by atoms with van der Waals surface area (Å²) in [7, 11) is 1.63. The molecule has 2 N–H and O–H groups in total. The van der Waals surface area contributed by atoms with Crippen molar-refractivity contribution in [1.29, 1.82) is 5.26 Å². The van der Waals surface area contributed by atoms with E-state index < -0.39 is 0 Å². The van der Waals surface area contributed by atoms with Crippen LogP contribution in [0.4, 0.5) is 10.5 Å². The third kappa shape index (κ3) is 4.53. The van der Waals surface area contributed by atoms with Gasteiger partial charge in [-0.1, -0.05) is 12.1 Å². The van der Waals surface area contributed by atoms with E-state index in [2.05, 4.69) is 10.6 Å². The zero-order chi connectivity index (χ0) is 15.8. The van der Waals surface area contributed by atoms with Crippen LogP contribution in [0.5, 0.6) is 5.75 Å². The van der Waals surface area contributed by atoms with Gasteiger partial charge in [0.15, 0.2) is 0 Å². The van der Waals surface area contributed by atoms with E-state index in [9.17, 15) is 4.79 Å². The molecule has 0 unspecified atom stereocenters. The van der Waals surface area contributed by atoms with Crippen molar-refractivity contribution >= 4 is 11.7 Å². The predicted molar refractivity (Wildman–Crippen MR) is 84.9 cm³/mol. The van der Waals surface area contributed by atoms with Crippen molar-refractivity contribution < 1.29 is 9.53 Å². The van der Waals surface area contributed by atoms with Crippen LogP contribution in [0.3, 0.4) is 0 Å². The number of methoxy groups -OCH3 is 1. The summed E-state index contributed by atoms with van der Waals surface area (Å²) in [6.45, 7) is 0.536. The first kappa shape index (κ1) is 15.4. The van der Waals surface area contributed by atoms with E-state index in [0.29, 0.717) is 17.8 Å². The molecule has 0 aromatic heterocycles. The van der Waals surface area contributed by atoms with E-state index in [0.717, 1.165) is 17.7 Å². The van der Waals surface area contributed by atoms with Gasteiger partial charge in [-0.3, -0.25) is 0 Å². The Hall–Kier alpha value is -3.00. The average molecular weight is 295 g/mol. The van der Waals surface area contributed by atoms with Gasteiger partial charge in [-0.15, -0.1) is 0 Å². The zero-order valence-electron chi connectivity index (χ0n) is 12.3. The quantitative estimate of drug-likeness (QED) is 0.890. The molecule has 2 rings (SSSR count). The van der Waals surface area contributed by atoms with Crippen molar-refractivity contribution in [3.05, 3.63) is 59.7 Å². The highest BCUT2D eigenvalue weighted by Crippen LogP contribution is 2.11. The van der Waals surface area contributed by atoms with Gasteiger partial charge >= 0.3 is 6.03 Å². The van der Waals surface area contributed by atoms with E-state index in [1.54, 1.807) is 31.4 Å². The van der Waals surface area contributed by atoms with Crippen LogP contribution in [0.15, 0.2) is 48.5 Å². The molecule has 0 saturated heterocycles. The molecule has 0 saturated carbocycles. The lowest BCUT2D eigenvalue weighted by atomic mass is 10.1. The number of hydrogen-bond acceptors (Lipinski definition) is 3. The summed E-state index contributed by atoms with van der Waals surface area (Å²) in [5.74, 6) is 0.815.